The molecule has 2 aromatic rings. The van der Waals surface area contributed by atoms with E-state index in [1.165, 1.54) is 0 Å². The average molecular weight is 522 g/mol. The maximum absolute atomic E-state index is 11.9. The van der Waals surface area contributed by atoms with Gasteiger partial charge in [0.05, 0.1) is 6.33 Å². The van der Waals surface area contributed by atoms with Crippen molar-refractivity contribution in [3.63, 3.8) is 0 Å². The van der Waals surface area contributed by atoms with Crippen LogP contribution < -0.4 is 10.6 Å². The first kappa shape index (κ1) is 25.2. The van der Waals surface area contributed by atoms with Crippen molar-refractivity contribution in [1.29, 1.82) is 0 Å². The highest BCUT2D eigenvalue weighted by Crippen LogP contribution is 2.61. The third kappa shape index (κ3) is 5.39. The van der Waals surface area contributed by atoms with E-state index in [-0.39, 0.29) is 17.0 Å². The van der Waals surface area contributed by atoms with E-state index in [9.17, 15) is 38.8 Å². The average Bonchev–Trinajstić information content (AvgIpc) is 3.14. The largest absolute Gasteiger partial charge is 0.480 e. The zero-order valence-electron chi connectivity index (χ0n) is 15.4. The Morgan fingerprint density at radius 2 is 1.84 bits per heavy atom. The molecule has 22 heteroatoms. The summed E-state index contributed by atoms with van der Waals surface area (Å²) in [6.45, 7) is -1.41. The number of aliphatic hydroxyl groups excluding tert-OH is 2. The number of imidazole rings is 1. The third-order valence-electron chi connectivity index (χ3n) is 3.97. The summed E-state index contributed by atoms with van der Waals surface area (Å²) in [4.78, 5) is 48.3. The van der Waals surface area contributed by atoms with Gasteiger partial charge in [0, 0.05) is 0 Å². The van der Waals surface area contributed by atoms with Crippen LogP contribution in [0.5, 0.6) is 0 Å². The Bertz CT molecular complexity index is 1150. The molecule has 19 nitrogen and oxygen atoms in total. The summed E-state index contributed by atoms with van der Waals surface area (Å²) < 4.78 is 48.4. The molecule has 10 N–H and O–H groups in total. The second-order valence-corrected chi connectivity index (χ2v) is 11.1. The van der Waals surface area contributed by atoms with E-state index in [1.54, 1.807) is 0 Å². The molecule has 0 aliphatic carbocycles. The zero-order chi connectivity index (χ0) is 24.1. The van der Waals surface area contributed by atoms with Crippen LogP contribution in [0.1, 0.15) is 6.23 Å². The predicted octanol–water partition coefficient (Wildman–Crippen LogP) is -2.74. The fraction of sp³-hybridized carbons (Fsp3) is 0.500. The Kier molecular flexibility index (Phi) is 6.64. The molecule has 0 spiro atoms. The minimum Gasteiger partial charge on any atom is -0.385 e. The molecular weight excluding hydrogens is 505 g/mol. The normalized spacial score (nSPS) is 30.3. The number of fused-ring (bicyclic) bond motifs is 1. The lowest BCUT2D eigenvalue weighted by Crippen LogP contribution is -2.46. The second-order valence-electron chi connectivity index (χ2n) is 6.36. The second kappa shape index (κ2) is 8.43. The van der Waals surface area contributed by atoms with Crippen LogP contribution in [0.25, 0.3) is 11.2 Å². The monoisotopic (exact) mass is 522 g/mol. The number of aromatic nitrogens is 4. The molecule has 0 saturated carbocycles. The van der Waals surface area contributed by atoms with Crippen molar-refractivity contribution in [2.24, 2.45) is 0 Å². The van der Waals surface area contributed by atoms with E-state index >= 15 is 0 Å². The number of anilines is 1. The molecule has 0 amide bonds. The van der Waals surface area contributed by atoms with Crippen molar-refractivity contribution in [3.05, 3.63) is 12.7 Å². The SMILES string of the molecule is Nc1ncnc2c1ncn2[C@@H]1O[C@](O)(COP(=O)(O)OP(=O)(O)NP(=O)(O)O)[C@@H](O)[C@H]1O. The number of nitrogen functional groups attached to an aromatic ring is 1. The number of rotatable bonds is 8. The summed E-state index contributed by atoms with van der Waals surface area (Å²) >= 11 is 0. The molecule has 0 bridgehead atoms. The smallest absolute Gasteiger partial charge is 0.385 e. The van der Waals surface area contributed by atoms with Crippen molar-refractivity contribution in [1.82, 2.24) is 24.4 Å². The Hall–Kier alpha value is -1.40. The van der Waals surface area contributed by atoms with Crippen LogP contribution in [0.3, 0.4) is 0 Å². The van der Waals surface area contributed by atoms with Crippen LogP contribution in [-0.4, -0.2) is 79.0 Å². The number of hydrogen-bond acceptors (Lipinski definition) is 13. The van der Waals surface area contributed by atoms with Crippen LogP contribution in [0.2, 0.25) is 0 Å². The number of phosphoric ester groups is 1. The number of nitrogens with one attached hydrogen (secondary N) is 1. The van der Waals surface area contributed by atoms with Crippen LogP contribution in [0.15, 0.2) is 12.7 Å². The van der Waals surface area contributed by atoms with Gasteiger partial charge in [0.25, 0.3) is 0 Å². The van der Waals surface area contributed by atoms with Crippen LogP contribution in [0, 0.1) is 0 Å². The zero-order valence-corrected chi connectivity index (χ0v) is 18.1. The number of nitrogens with zero attached hydrogens (tertiary/aromatic N) is 4. The van der Waals surface area contributed by atoms with Gasteiger partial charge in [-0.1, -0.05) is 0 Å². The quantitative estimate of drug-likeness (QED) is 0.159. The summed E-state index contributed by atoms with van der Waals surface area (Å²) in [6.07, 6.45) is -3.41. The summed E-state index contributed by atoms with van der Waals surface area (Å²) in [7, 11) is -16.5. The van der Waals surface area contributed by atoms with E-state index in [2.05, 4.69) is 23.8 Å². The van der Waals surface area contributed by atoms with E-state index in [4.69, 9.17) is 20.3 Å². The molecule has 0 aromatic carbocycles. The van der Waals surface area contributed by atoms with Gasteiger partial charge in [-0.2, -0.15) is 4.31 Å². The maximum atomic E-state index is 11.9. The van der Waals surface area contributed by atoms with Crippen molar-refractivity contribution in [3.8, 4) is 0 Å². The summed E-state index contributed by atoms with van der Waals surface area (Å²) in [5.74, 6) is -2.88. The Morgan fingerprint density at radius 3 is 2.47 bits per heavy atom. The summed E-state index contributed by atoms with van der Waals surface area (Å²) in [5, 5.41) is 30.9. The lowest BCUT2D eigenvalue weighted by Gasteiger charge is -2.26. The molecule has 6 atom stereocenters. The van der Waals surface area contributed by atoms with Crippen LogP contribution in [-0.2, 0) is 27.3 Å². The first-order valence-electron chi connectivity index (χ1n) is 8.09. The molecule has 3 heterocycles. The number of ether oxygens (including phenoxy) is 1. The van der Waals surface area contributed by atoms with E-state index in [0.717, 1.165) is 22.1 Å². The Labute approximate surface area is 176 Å². The number of hydrogen-bond donors (Lipinski definition) is 9. The third-order valence-corrected chi connectivity index (χ3v) is 8.19. The highest BCUT2D eigenvalue weighted by Gasteiger charge is 2.56. The van der Waals surface area contributed by atoms with Crippen molar-refractivity contribution >= 4 is 40.3 Å². The van der Waals surface area contributed by atoms with Crippen molar-refractivity contribution in [2.75, 3.05) is 12.3 Å². The van der Waals surface area contributed by atoms with E-state index in [0.29, 0.717) is 0 Å². The first-order valence-corrected chi connectivity index (χ1v) is 12.8. The minimum atomic E-state index is -5.57. The van der Waals surface area contributed by atoms with E-state index < -0.39 is 54.1 Å². The molecular formula is C10H17N6O13P3. The van der Waals surface area contributed by atoms with Crippen LogP contribution in [0.4, 0.5) is 5.82 Å². The standard InChI is InChI=1S/C10H17N6O13P3/c11-7-4-8(13-2-12-7)16(3-14-4)9-5(17)6(18)10(19,28-9)1-27-32(25,26)29-31(23,24)15-30(20,21)22/h2-3,5-6,9,17-19H,1H2,(H,25,26)(H2,11,12,13)(H4,15,20,21,22,23,24)/t5-,6+,9-,10-/m1/s1. The maximum Gasteiger partial charge on any atom is 0.480 e. The lowest BCUT2D eigenvalue weighted by atomic mass is 10.1. The molecule has 2 unspecified atom stereocenters. The van der Waals surface area contributed by atoms with Gasteiger partial charge in [0.2, 0.25) is 5.79 Å². The predicted molar refractivity (Wildman–Crippen MR) is 98.7 cm³/mol. The molecule has 1 aliphatic rings. The van der Waals surface area contributed by atoms with Gasteiger partial charge < -0.3 is 45.4 Å². The van der Waals surface area contributed by atoms with Gasteiger partial charge in [-0.05, 0) is 0 Å². The molecule has 1 fully saturated rings. The van der Waals surface area contributed by atoms with Gasteiger partial charge in [0.1, 0.15) is 30.7 Å². The van der Waals surface area contributed by atoms with Crippen LogP contribution >= 0.6 is 23.3 Å². The highest BCUT2D eigenvalue weighted by molar-refractivity contribution is 7.70. The number of aliphatic hydroxyl groups is 3. The van der Waals surface area contributed by atoms with Crippen molar-refractivity contribution < 1.29 is 62.2 Å². The summed E-state index contributed by atoms with van der Waals surface area (Å²) in [5.41, 5.74) is 5.80. The van der Waals surface area contributed by atoms with Gasteiger partial charge in [0.15, 0.2) is 17.7 Å². The van der Waals surface area contributed by atoms with Gasteiger partial charge in [-0.15, -0.1) is 4.86 Å². The van der Waals surface area contributed by atoms with E-state index in [1.807, 2.05) is 0 Å². The van der Waals surface area contributed by atoms with Gasteiger partial charge in [-0.25, -0.2) is 28.6 Å². The molecule has 3 rings (SSSR count). The highest BCUT2D eigenvalue weighted by atomic mass is 31.3. The Balaban J connectivity index is 1.76. The molecule has 32 heavy (non-hydrogen) atoms. The molecule has 1 aliphatic heterocycles. The minimum absolute atomic E-state index is 0.0175. The Morgan fingerprint density at radius 1 is 1.19 bits per heavy atom. The fourth-order valence-corrected chi connectivity index (χ4v) is 6.14. The fourth-order valence-electron chi connectivity index (χ4n) is 2.69. The molecule has 1 saturated heterocycles. The summed E-state index contributed by atoms with van der Waals surface area (Å²) in [6, 6.07) is 0. The number of nitrogens with two attached hydrogens (primary N) is 1. The van der Waals surface area contributed by atoms with Gasteiger partial charge in [-0.3, -0.25) is 9.09 Å². The van der Waals surface area contributed by atoms with Crippen molar-refractivity contribution in [2.45, 2.75) is 24.2 Å². The topological polar surface area (TPSA) is 302 Å². The van der Waals surface area contributed by atoms with Gasteiger partial charge >= 0.3 is 23.3 Å². The lowest BCUT2D eigenvalue weighted by molar-refractivity contribution is -0.251. The molecule has 0 radical (unpaired) electrons. The number of phosphoric acid groups is 1. The first-order chi connectivity index (χ1) is 14.5. The molecule has 180 valence electrons. The molecule has 2 aromatic heterocycles.